The molecular weight excluding hydrogens is 306 g/mol. The van der Waals surface area contributed by atoms with Gasteiger partial charge in [0, 0.05) is 0 Å². The van der Waals surface area contributed by atoms with Crippen molar-refractivity contribution in [2.75, 3.05) is 0 Å². The van der Waals surface area contributed by atoms with Gasteiger partial charge >= 0.3 is 18.2 Å². The molecule has 9 heteroatoms. The van der Waals surface area contributed by atoms with E-state index in [2.05, 4.69) is 15.6 Å². The molecule has 0 fully saturated rings. The van der Waals surface area contributed by atoms with Crippen LogP contribution in [0.3, 0.4) is 0 Å². The number of nitrogens with one attached hydrogen (secondary N) is 2. The van der Waals surface area contributed by atoms with E-state index >= 15 is 0 Å². The first-order chi connectivity index (χ1) is 10.2. The van der Waals surface area contributed by atoms with Gasteiger partial charge in [0.1, 0.15) is 17.2 Å². The van der Waals surface area contributed by atoms with E-state index in [1.165, 1.54) is 6.92 Å². The number of aliphatic carboxylic acids is 1. The Kier molecular flexibility index (Phi) is 7.01. The van der Waals surface area contributed by atoms with Gasteiger partial charge < -0.3 is 14.6 Å². The van der Waals surface area contributed by atoms with Crippen LogP contribution < -0.4 is 10.6 Å². The Labute approximate surface area is 135 Å². The minimum Gasteiger partial charge on any atom is -0.480 e. The van der Waals surface area contributed by atoms with Crippen molar-refractivity contribution in [1.82, 2.24) is 10.6 Å². The van der Waals surface area contributed by atoms with Crippen LogP contribution in [-0.4, -0.2) is 46.5 Å². The van der Waals surface area contributed by atoms with Crippen molar-refractivity contribution in [3.05, 3.63) is 0 Å². The van der Waals surface area contributed by atoms with Crippen LogP contribution >= 0.6 is 0 Å². The number of hydrogen-bond donors (Lipinski definition) is 3. The normalized spacial score (nSPS) is 12.7. The van der Waals surface area contributed by atoms with E-state index in [-0.39, 0.29) is 5.96 Å². The van der Waals surface area contributed by atoms with Gasteiger partial charge in [-0.25, -0.2) is 19.4 Å². The van der Waals surface area contributed by atoms with E-state index in [0.717, 1.165) is 0 Å². The van der Waals surface area contributed by atoms with Crippen molar-refractivity contribution in [1.29, 1.82) is 0 Å². The first-order valence-corrected chi connectivity index (χ1v) is 7.00. The van der Waals surface area contributed by atoms with Gasteiger partial charge in [0.05, 0.1) is 0 Å². The zero-order chi connectivity index (χ0) is 18.4. The van der Waals surface area contributed by atoms with E-state index < -0.39 is 35.4 Å². The van der Waals surface area contributed by atoms with Gasteiger partial charge in [-0.3, -0.25) is 10.6 Å². The smallest absolute Gasteiger partial charge is 0.414 e. The monoisotopic (exact) mass is 331 g/mol. The molecule has 3 N–H and O–H groups in total. The molecular formula is C14H25N3O6. The molecule has 0 spiro atoms. The Morgan fingerprint density at radius 2 is 1.26 bits per heavy atom. The molecule has 0 aliphatic rings. The molecule has 0 aromatic heterocycles. The Hall–Kier alpha value is -2.32. The number of aliphatic imine (C=N–C) groups is 1. The largest absolute Gasteiger partial charge is 0.480 e. The maximum atomic E-state index is 11.7. The number of carboxylic acid groups (broad SMARTS) is 1. The van der Waals surface area contributed by atoms with Crippen molar-refractivity contribution in [3.63, 3.8) is 0 Å². The number of carboxylic acids is 1. The number of amides is 2. The number of rotatable bonds is 2. The van der Waals surface area contributed by atoms with Crippen molar-refractivity contribution >= 4 is 24.1 Å². The topological polar surface area (TPSA) is 126 Å². The molecule has 0 bridgehead atoms. The number of ether oxygens (including phenoxy) is 2. The molecule has 0 aromatic carbocycles. The first kappa shape index (κ1) is 20.7. The van der Waals surface area contributed by atoms with Crippen LogP contribution in [0.5, 0.6) is 0 Å². The lowest BCUT2D eigenvalue weighted by Gasteiger charge is -2.22. The van der Waals surface area contributed by atoms with E-state index in [1.54, 1.807) is 41.5 Å². The zero-order valence-corrected chi connectivity index (χ0v) is 14.5. The quantitative estimate of drug-likeness (QED) is 0.524. The minimum absolute atomic E-state index is 0.372. The second-order valence-corrected chi connectivity index (χ2v) is 6.75. The van der Waals surface area contributed by atoms with Crippen molar-refractivity contribution < 1.29 is 29.0 Å². The second kappa shape index (κ2) is 7.80. The van der Waals surface area contributed by atoms with Gasteiger partial charge in [-0.2, -0.15) is 0 Å². The molecule has 0 unspecified atom stereocenters. The van der Waals surface area contributed by atoms with Crippen LogP contribution in [0.4, 0.5) is 9.59 Å². The summed E-state index contributed by atoms with van der Waals surface area (Å²) in [6, 6.07) is -1.19. The Bertz CT molecular complexity index is 456. The van der Waals surface area contributed by atoms with Crippen LogP contribution in [0.2, 0.25) is 0 Å². The maximum absolute atomic E-state index is 11.7. The number of alkyl carbamates (subject to hydrolysis) is 2. The Morgan fingerprint density at radius 3 is 1.52 bits per heavy atom. The standard InChI is InChI=1S/C14H25N3O6/c1-8(9(18)19)15-10(16-11(20)22-13(2,3)4)17-12(21)23-14(5,6)7/h8H,1-7H3,(H,18,19)(H2,15,16,17,20,21)/t8-/m0/s1. The molecule has 0 rings (SSSR count). The molecule has 0 saturated heterocycles. The molecule has 23 heavy (non-hydrogen) atoms. The van der Waals surface area contributed by atoms with Gasteiger partial charge in [0.25, 0.3) is 0 Å². The summed E-state index contributed by atoms with van der Waals surface area (Å²) in [5.74, 6) is -1.59. The Balaban J connectivity index is 5.07. The lowest BCUT2D eigenvalue weighted by Crippen LogP contribution is -2.47. The van der Waals surface area contributed by atoms with E-state index in [9.17, 15) is 14.4 Å². The lowest BCUT2D eigenvalue weighted by molar-refractivity contribution is -0.138. The van der Waals surface area contributed by atoms with Crippen LogP contribution in [0.15, 0.2) is 4.99 Å². The van der Waals surface area contributed by atoms with Gasteiger partial charge in [-0.05, 0) is 48.5 Å². The predicted octanol–water partition coefficient (Wildman–Crippen LogP) is 1.86. The van der Waals surface area contributed by atoms with Gasteiger partial charge in [0.2, 0.25) is 5.96 Å². The summed E-state index contributed by atoms with van der Waals surface area (Å²) >= 11 is 0. The lowest BCUT2D eigenvalue weighted by atomic mass is 10.2. The summed E-state index contributed by atoms with van der Waals surface area (Å²) in [7, 11) is 0. The molecule has 0 aliphatic heterocycles. The third-order valence-electron chi connectivity index (χ3n) is 1.92. The second-order valence-electron chi connectivity index (χ2n) is 6.75. The minimum atomic E-state index is -1.22. The van der Waals surface area contributed by atoms with Crippen LogP contribution in [-0.2, 0) is 14.3 Å². The predicted molar refractivity (Wildman–Crippen MR) is 83.3 cm³/mol. The summed E-state index contributed by atoms with van der Waals surface area (Å²) in [5, 5.41) is 13.3. The summed E-state index contributed by atoms with van der Waals surface area (Å²) in [6.45, 7) is 11.2. The average Bonchev–Trinajstić information content (AvgIpc) is 2.22. The highest BCUT2D eigenvalue weighted by atomic mass is 16.6. The Morgan fingerprint density at radius 1 is 0.913 bits per heavy atom. The van der Waals surface area contributed by atoms with Crippen molar-refractivity contribution in [2.24, 2.45) is 4.99 Å². The summed E-state index contributed by atoms with van der Waals surface area (Å²) in [5.41, 5.74) is -1.53. The van der Waals surface area contributed by atoms with E-state index in [0.29, 0.717) is 0 Å². The van der Waals surface area contributed by atoms with E-state index in [1.807, 2.05) is 0 Å². The van der Waals surface area contributed by atoms with Gasteiger partial charge in [0.15, 0.2) is 0 Å². The highest BCUT2D eigenvalue weighted by Gasteiger charge is 2.22. The van der Waals surface area contributed by atoms with Crippen molar-refractivity contribution in [3.8, 4) is 0 Å². The number of carbonyl (C=O) groups excluding carboxylic acids is 2. The molecule has 9 nitrogen and oxygen atoms in total. The molecule has 0 radical (unpaired) electrons. The van der Waals surface area contributed by atoms with Gasteiger partial charge in [-0.15, -0.1) is 0 Å². The van der Waals surface area contributed by atoms with E-state index in [4.69, 9.17) is 14.6 Å². The SMILES string of the molecule is C[C@H](N=C(NC(=O)OC(C)(C)C)NC(=O)OC(C)(C)C)C(=O)O. The first-order valence-electron chi connectivity index (χ1n) is 7.00. The fourth-order valence-corrected chi connectivity index (χ4v) is 1.15. The number of guanidine groups is 1. The molecule has 0 aromatic rings. The van der Waals surface area contributed by atoms with Crippen LogP contribution in [0.25, 0.3) is 0 Å². The number of hydrogen-bond acceptors (Lipinski definition) is 6. The number of nitrogens with zero attached hydrogens (tertiary/aromatic N) is 1. The van der Waals surface area contributed by atoms with Crippen LogP contribution in [0, 0.1) is 0 Å². The van der Waals surface area contributed by atoms with Crippen LogP contribution in [0.1, 0.15) is 48.5 Å². The molecule has 2 amide bonds. The highest BCUT2D eigenvalue weighted by molar-refractivity contribution is 6.02. The molecule has 0 aliphatic carbocycles. The molecule has 132 valence electrons. The molecule has 0 saturated carbocycles. The number of carbonyl (C=O) groups is 3. The van der Waals surface area contributed by atoms with Gasteiger partial charge in [-0.1, -0.05) is 0 Å². The fraction of sp³-hybridized carbons (Fsp3) is 0.714. The summed E-state index contributed by atoms with van der Waals surface area (Å²) in [4.78, 5) is 38.0. The third kappa shape index (κ3) is 11.0. The van der Waals surface area contributed by atoms with Crippen molar-refractivity contribution in [2.45, 2.75) is 65.7 Å². The summed E-state index contributed by atoms with van der Waals surface area (Å²) < 4.78 is 10.0. The maximum Gasteiger partial charge on any atom is 0.414 e. The molecule has 0 heterocycles. The highest BCUT2D eigenvalue weighted by Crippen LogP contribution is 2.07. The fourth-order valence-electron chi connectivity index (χ4n) is 1.15. The molecule has 1 atom stereocenters. The average molecular weight is 331 g/mol. The summed E-state index contributed by atoms with van der Waals surface area (Å²) in [6.07, 6.45) is -1.77. The third-order valence-corrected chi connectivity index (χ3v) is 1.92. The zero-order valence-electron chi connectivity index (χ0n) is 14.5.